The maximum absolute atomic E-state index is 2.56. The van der Waals surface area contributed by atoms with Gasteiger partial charge in [-0.25, -0.2) is 0 Å². The highest BCUT2D eigenvalue weighted by Crippen LogP contribution is 2.30. The molecule has 22 heavy (non-hydrogen) atoms. The van der Waals surface area contributed by atoms with Crippen LogP contribution in [0.25, 0.3) is 0 Å². The summed E-state index contributed by atoms with van der Waals surface area (Å²) in [6.45, 7) is 11.4. The van der Waals surface area contributed by atoms with Gasteiger partial charge in [-0.05, 0) is 52.0 Å². The van der Waals surface area contributed by atoms with Crippen molar-refractivity contribution in [2.24, 2.45) is 0 Å². The Morgan fingerprint density at radius 1 is 1.00 bits per heavy atom. The Kier molecular flexibility index (Phi) is 6.25. The molecule has 0 fully saturated rings. The fraction of sp³-hybridized carbons (Fsp3) is 0.524. The van der Waals surface area contributed by atoms with Crippen LogP contribution in [0.5, 0.6) is 0 Å². The lowest BCUT2D eigenvalue weighted by Gasteiger charge is -2.12. The molecule has 0 N–H and O–H groups in total. The van der Waals surface area contributed by atoms with E-state index in [-0.39, 0.29) is 9.52 Å². The normalized spacial score (nSPS) is 15.2. The molecule has 0 bridgehead atoms. The van der Waals surface area contributed by atoms with Crippen LogP contribution >= 0.6 is 0 Å². The van der Waals surface area contributed by atoms with Gasteiger partial charge in [-0.3, -0.25) is 0 Å². The summed E-state index contributed by atoms with van der Waals surface area (Å²) >= 11 is 0. The zero-order valence-corrected chi connectivity index (χ0v) is 16.6. The Labute approximate surface area is 139 Å². The number of hydrogen-bond donors (Lipinski definition) is 0. The molecule has 0 saturated carbocycles. The summed E-state index contributed by atoms with van der Waals surface area (Å²) in [5, 5.41) is 3.44. The number of rotatable bonds is 7. The summed E-state index contributed by atoms with van der Waals surface area (Å²) in [5.74, 6) is 0. The molecule has 0 heterocycles. The van der Waals surface area contributed by atoms with E-state index >= 15 is 0 Å². The molecule has 1 aromatic carbocycles. The van der Waals surface area contributed by atoms with Gasteiger partial charge in [-0.15, -0.1) is 0 Å². The van der Waals surface area contributed by atoms with Gasteiger partial charge < -0.3 is 0 Å². The molecule has 0 aliphatic heterocycles. The molecule has 1 aliphatic carbocycles. The number of allylic oxidation sites excluding steroid dienone is 4. The fourth-order valence-electron chi connectivity index (χ4n) is 3.81. The lowest BCUT2D eigenvalue weighted by Crippen LogP contribution is -2.23. The zero-order chi connectivity index (χ0) is 16.1. The number of hydrogen-bond acceptors (Lipinski definition) is 0. The maximum Gasteiger partial charge on any atom is 0.0835 e. The Hall–Kier alpha value is -1.08. The predicted molar refractivity (Wildman–Crippen MR) is 103 cm³/mol. The molecule has 0 atom stereocenters. The third kappa shape index (κ3) is 4.22. The van der Waals surface area contributed by atoms with Crippen molar-refractivity contribution in [3.63, 3.8) is 0 Å². The molecule has 0 radical (unpaired) electrons. The van der Waals surface area contributed by atoms with Crippen LogP contribution < -0.4 is 5.19 Å². The second-order valence-electron chi connectivity index (χ2n) is 6.97. The van der Waals surface area contributed by atoms with Gasteiger partial charge in [-0.1, -0.05) is 77.5 Å². The number of aryl methyl sites for hydroxylation is 3. The summed E-state index contributed by atoms with van der Waals surface area (Å²) in [6.07, 6.45) is 10.5. The summed E-state index contributed by atoms with van der Waals surface area (Å²) in [5.41, 5.74) is 7.84. The summed E-state index contributed by atoms with van der Waals surface area (Å²) < 4.78 is 0. The molecule has 0 aromatic heterocycles. The standard InChI is InChI=1S/C21H32Si/c1-6-8-9-10-19-14-20(13-18(19)7-2)22-21-16(4)11-15(3)12-17(21)5/h11-13H,6-10,14,22H2,1-5H3. The number of unbranched alkanes of at least 4 members (excludes halogenated alkanes) is 2. The van der Waals surface area contributed by atoms with Crippen LogP contribution in [0.4, 0.5) is 0 Å². The molecule has 2 rings (SSSR count). The summed E-state index contributed by atoms with van der Waals surface area (Å²) in [6, 6.07) is 4.72. The second-order valence-corrected chi connectivity index (χ2v) is 8.94. The lowest BCUT2D eigenvalue weighted by molar-refractivity contribution is 0.704. The number of benzene rings is 1. The van der Waals surface area contributed by atoms with Crippen molar-refractivity contribution in [2.45, 2.75) is 73.1 Å². The molecule has 0 spiro atoms. The molecule has 0 nitrogen and oxygen atoms in total. The third-order valence-electron chi connectivity index (χ3n) is 4.98. The Bertz CT molecular complexity index is 567. The van der Waals surface area contributed by atoms with E-state index in [1.165, 1.54) is 55.2 Å². The van der Waals surface area contributed by atoms with Crippen molar-refractivity contribution < 1.29 is 0 Å². The van der Waals surface area contributed by atoms with Crippen LogP contribution in [0.2, 0.25) is 0 Å². The average Bonchev–Trinajstić information content (AvgIpc) is 2.85. The first-order chi connectivity index (χ1) is 10.5. The van der Waals surface area contributed by atoms with Crippen molar-refractivity contribution in [1.29, 1.82) is 0 Å². The van der Waals surface area contributed by atoms with Gasteiger partial charge in [0, 0.05) is 0 Å². The molecule has 0 unspecified atom stereocenters. The van der Waals surface area contributed by atoms with Gasteiger partial charge >= 0.3 is 0 Å². The Morgan fingerprint density at radius 2 is 1.68 bits per heavy atom. The topological polar surface area (TPSA) is 0 Å². The van der Waals surface area contributed by atoms with Crippen molar-refractivity contribution in [1.82, 2.24) is 0 Å². The van der Waals surface area contributed by atoms with Crippen LogP contribution in [-0.2, 0) is 0 Å². The largest absolute Gasteiger partial charge is 0.0835 e. The molecule has 0 amide bonds. The monoisotopic (exact) mass is 312 g/mol. The van der Waals surface area contributed by atoms with Gasteiger partial charge in [0.25, 0.3) is 0 Å². The van der Waals surface area contributed by atoms with Gasteiger partial charge in [0.15, 0.2) is 0 Å². The van der Waals surface area contributed by atoms with Crippen molar-refractivity contribution in [3.05, 3.63) is 51.2 Å². The fourth-order valence-corrected chi connectivity index (χ4v) is 5.80. The molecule has 1 heteroatoms. The molecule has 1 aromatic rings. The van der Waals surface area contributed by atoms with Crippen LogP contribution in [0, 0.1) is 20.8 Å². The molecule has 1 aliphatic rings. The van der Waals surface area contributed by atoms with E-state index in [2.05, 4.69) is 52.8 Å². The average molecular weight is 313 g/mol. The van der Waals surface area contributed by atoms with Gasteiger partial charge in [-0.2, -0.15) is 0 Å². The van der Waals surface area contributed by atoms with E-state index in [0.717, 1.165) is 0 Å². The summed E-state index contributed by atoms with van der Waals surface area (Å²) in [4.78, 5) is 0. The third-order valence-corrected chi connectivity index (χ3v) is 7.36. The van der Waals surface area contributed by atoms with Crippen LogP contribution in [0.3, 0.4) is 0 Å². The van der Waals surface area contributed by atoms with Crippen molar-refractivity contribution >= 4 is 14.7 Å². The molecular weight excluding hydrogens is 280 g/mol. The minimum absolute atomic E-state index is 0.291. The first-order valence-corrected chi connectivity index (χ1v) is 10.4. The Morgan fingerprint density at radius 3 is 2.27 bits per heavy atom. The smallest absolute Gasteiger partial charge is 0.0783 e. The maximum atomic E-state index is 2.56. The quantitative estimate of drug-likeness (QED) is 0.492. The Balaban J connectivity index is 2.07. The SMILES string of the molecule is CCCCCC1=C(CC)C=C([SiH2]c2c(C)cc(C)cc2C)C1. The van der Waals surface area contributed by atoms with E-state index in [1.807, 2.05) is 0 Å². The molecular formula is C21H32Si. The lowest BCUT2D eigenvalue weighted by atomic mass is 10.0. The van der Waals surface area contributed by atoms with Crippen molar-refractivity contribution in [3.8, 4) is 0 Å². The summed E-state index contributed by atoms with van der Waals surface area (Å²) in [7, 11) is -0.291. The highest BCUT2D eigenvalue weighted by molar-refractivity contribution is 6.62. The first-order valence-electron chi connectivity index (χ1n) is 9.02. The van der Waals surface area contributed by atoms with Crippen LogP contribution in [0.15, 0.2) is 34.6 Å². The van der Waals surface area contributed by atoms with E-state index in [1.54, 1.807) is 21.5 Å². The van der Waals surface area contributed by atoms with E-state index in [4.69, 9.17) is 0 Å². The van der Waals surface area contributed by atoms with E-state index < -0.39 is 0 Å². The highest BCUT2D eigenvalue weighted by atomic mass is 28.2. The van der Waals surface area contributed by atoms with E-state index in [0.29, 0.717) is 0 Å². The minimum atomic E-state index is -0.291. The highest BCUT2D eigenvalue weighted by Gasteiger charge is 2.16. The van der Waals surface area contributed by atoms with Gasteiger partial charge in [0.2, 0.25) is 0 Å². The second kappa shape index (κ2) is 7.96. The minimum Gasteiger partial charge on any atom is -0.0783 e. The van der Waals surface area contributed by atoms with Gasteiger partial charge in [0.05, 0.1) is 9.52 Å². The van der Waals surface area contributed by atoms with Gasteiger partial charge in [0.1, 0.15) is 0 Å². The predicted octanol–water partition coefficient (Wildman–Crippen LogP) is 4.98. The van der Waals surface area contributed by atoms with Crippen LogP contribution in [-0.4, -0.2) is 9.52 Å². The van der Waals surface area contributed by atoms with Crippen molar-refractivity contribution in [2.75, 3.05) is 0 Å². The zero-order valence-electron chi connectivity index (χ0n) is 15.2. The molecule has 120 valence electrons. The first kappa shape index (κ1) is 17.3. The van der Waals surface area contributed by atoms with Crippen LogP contribution in [0.1, 0.15) is 69.1 Å². The molecule has 0 saturated heterocycles. The van der Waals surface area contributed by atoms with E-state index in [9.17, 15) is 0 Å².